The topological polar surface area (TPSA) is 87.7 Å². The third-order valence-corrected chi connectivity index (χ3v) is 4.76. The summed E-state index contributed by atoms with van der Waals surface area (Å²) in [6.45, 7) is 5.74. The highest BCUT2D eigenvalue weighted by Gasteiger charge is 2.26. The molecule has 0 saturated carbocycles. The minimum atomic E-state index is -0.426. The molecule has 1 aliphatic rings. The van der Waals surface area contributed by atoms with E-state index in [1.165, 1.54) is 11.0 Å². The Hall–Kier alpha value is -3.61. The van der Waals surface area contributed by atoms with Crippen LogP contribution in [0.1, 0.15) is 24.5 Å². The Kier molecular flexibility index (Phi) is 6.51. The summed E-state index contributed by atoms with van der Waals surface area (Å²) in [4.78, 5) is 39.0. The second-order valence-electron chi connectivity index (χ2n) is 7.07. The first-order chi connectivity index (χ1) is 14.4. The van der Waals surface area contributed by atoms with E-state index in [1.54, 1.807) is 19.1 Å². The van der Waals surface area contributed by atoms with Crippen LogP contribution in [0.4, 0.5) is 17.1 Å². The number of aryl methyl sites for hydroxylation is 2. The van der Waals surface area contributed by atoms with Crippen LogP contribution in [0.25, 0.3) is 0 Å². The molecular formula is C23H25N3O4. The van der Waals surface area contributed by atoms with Gasteiger partial charge in [-0.2, -0.15) is 0 Å². The zero-order valence-corrected chi connectivity index (χ0v) is 17.3. The average Bonchev–Trinajstić information content (AvgIpc) is 2.80. The van der Waals surface area contributed by atoms with E-state index in [-0.39, 0.29) is 31.4 Å². The molecule has 0 unspecified atom stereocenters. The Morgan fingerprint density at radius 3 is 2.50 bits per heavy atom. The summed E-state index contributed by atoms with van der Waals surface area (Å²) < 4.78 is 5.00. The number of carbonyl (C=O) groups is 3. The number of esters is 1. The largest absolute Gasteiger partial charge is 0.466 e. The van der Waals surface area contributed by atoms with Gasteiger partial charge in [0.25, 0.3) is 5.91 Å². The van der Waals surface area contributed by atoms with Gasteiger partial charge in [0.05, 0.1) is 24.4 Å². The zero-order chi connectivity index (χ0) is 21.7. The van der Waals surface area contributed by atoms with E-state index in [1.807, 2.05) is 44.2 Å². The lowest BCUT2D eigenvalue weighted by Gasteiger charge is -2.23. The van der Waals surface area contributed by atoms with E-state index < -0.39 is 5.97 Å². The first kappa shape index (κ1) is 21.1. The molecule has 3 rings (SSSR count). The highest BCUT2D eigenvalue weighted by molar-refractivity contribution is 6.10. The van der Waals surface area contributed by atoms with Gasteiger partial charge < -0.3 is 15.4 Å². The Balaban J connectivity index is 1.90. The maximum atomic E-state index is 13.0. The van der Waals surface area contributed by atoms with Crippen LogP contribution in [-0.2, 0) is 19.1 Å². The van der Waals surface area contributed by atoms with Crippen molar-refractivity contribution in [3.8, 4) is 0 Å². The molecular weight excluding hydrogens is 382 g/mol. The van der Waals surface area contributed by atoms with Crippen molar-refractivity contribution in [1.82, 2.24) is 0 Å². The number of anilines is 3. The number of amides is 2. The molecule has 0 radical (unpaired) electrons. The van der Waals surface area contributed by atoms with Crippen molar-refractivity contribution in [2.75, 3.05) is 28.7 Å². The molecule has 2 aromatic rings. The molecule has 0 aliphatic carbocycles. The van der Waals surface area contributed by atoms with Crippen molar-refractivity contribution in [3.63, 3.8) is 0 Å². The van der Waals surface area contributed by atoms with Gasteiger partial charge >= 0.3 is 5.97 Å². The normalized spacial score (nSPS) is 13.0. The zero-order valence-electron chi connectivity index (χ0n) is 17.3. The van der Waals surface area contributed by atoms with Gasteiger partial charge in [0, 0.05) is 17.5 Å². The molecule has 0 atom stereocenters. The maximum absolute atomic E-state index is 13.0. The Morgan fingerprint density at radius 1 is 1.10 bits per heavy atom. The predicted octanol–water partition coefficient (Wildman–Crippen LogP) is 3.54. The fourth-order valence-electron chi connectivity index (χ4n) is 3.17. The maximum Gasteiger partial charge on any atom is 0.311 e. The number of benzene rings is 2. The van der Waals surface area contributed by atoms with Crippen molar-refractivity contribution < 1.29 is 19.1 Å². The predicted molar refractivity (Wildman–Crippen MR) is 116 cm³/mol. The van der Waals surface area contributed by atoms with Gasteiger partial charge in [-0.1, -0.05) is 18.2 Å². The van der Waals surface area contributed by atoms with Crippen LogP contribution < -0.4 is 15.5 Å². The molecule has 0 saturated heterocycles. The van der Waals surface area contributed by atoms with Crippen molar-refractivity contribution in [1.29, 1.82) is 0 Å². The molecule has 2 amide bonds. The Labute approximate surface area is 175 Å². The van der Waals surface area contributed by atoms with E-state index >= 15 is 0 Å². The number of hydrogen-bond acceptors (Lipinski definition) is 5. The molecule has 0 bridgehead atoms. The van der Waals surface area contributed by atoms with Crippen molar-refractivity contribution in [2.45, 2.75) is 27.2 Å². The van der Waals surface area contributed by atoms with Gasteiger partial charge in [-0.05, 0) is 56.2 Å². The molecule has 0 aromatic heterocycles. The van der Waals surface area contributed by atoms with Crippen LogP contribution in [0.3, 0.4) is 0 Å². The lowest BCUT2D eigenvalue weighted by Crippen LogP contribution is -2.37. The molecule has 2 aromatic carbocycles. The molecule has 30 heavy (non-hydrogen) atoms. The summed E-state index contributed by atoms with van der Waals surface area (Å²) in [5, 5.41) is 5.97. The van der Waals surface area contributed by atoms with E-state index in [0.717, 1.165) is 11.1 Å². The molecule has 7 heteroatoms. The minimum absolute atomic E-state index is 0.0595. The van der Waals surface area contributed by atoms with Crippen LogP contribution in [-0.4, -0.2) is 30.9 Å². The number of carbonyl (C=O) groups excluding carboxylic acids is 3. The summed E-state index contributed by atoms with van der Waals surface area (Å²) in [5.41, 5.74) is 4.34. The molecule has 2 N–H and O–H groups in total. The SMILES string of the molecule is CCOC(=O)CC1=CC(=O)N(CC(=O)Nc2ccccc2)c2cc(C)c(C)cc2N1. The summed E-state index contributed by atoms with van der Waals surface area (Å²) in [6, 6.07) is 12.8. The van der Waals surface area contributed by atoms with Crippen LogP contribution in [0, 0.1) is 13.8 Å². The van der Waals surface area contributed by atoms with E-state index in [0.29, 0.717) is 22.8 Å². The first-order valence-corrected chi connectivity index (χ1v) is 9.78. The quantitative estimate of drug-likeness (QED) is 0.715. The van der Waals surface area contributed by atoms with Gasteiger partial charge in [0.2, 0.25) is 5.91 Å². The van der Waals surface area contributed by atoms with E-state index in [9.17, 15) is 14.4 Å². The highest BCUT2D eigenvalue weighted by Crippen LogP contribution is 2.33. The standard InChI is InChI=1S/C23H25N3O4/c1-4-30-23(29)13-18-12-22(28)26(14-21(27)25-17-8-6-5-7-9-17)20-11-16(3)15(2)10-19(20)24-18/h5-12,24H,4,13-14H2,1-3H3,(H,25,27). The first-order valence-electron chi connectivity index (χ1n) is 9.78. The van der Waals surface area contributed by atoms with Crippen LogP contribution in [0.15, 0.2) is 54.2 Å². The van der Waals surface area contributed by atoms with Crippen LogP contribution in [0.2, 0.25) is 0 Å². The molecule has 0 spiro atoms. The summed E-state index contributed by atoms with van der Waals surface area (Å²) in [7, 11) is 0. The Morgan fingerprint density at radius 2 is 1.80 bits per heavy atom. The third kappa shape index (κ3) is 5.05. The lowest BCUT2D eigenvalue weighted by molar-refractivity contribution is -0.142. The highest BCUT2D eigenvalue weighted by atomic mass is 16.5. The summed E-state index contributed by atoms with van der Waals surface area (Å²) in [5.74, 6) is -1.13. The van der Waals surface area contributed by atoms with Gasteiger partial charge in [-0.3, -0.25) is 19.3 Å². The van der Waals surface area contributed by atoms with Crippen LogP contribution >= 0.6 is 0 Å². The molecule has 1 heterocycles. The minimum Gasteiger partial charge on any atom is -0.466 e. The van der Waals surface area contributed by atoms with Crippen molar-refractivity contribution in [2.24, 2.45) is 0 Å². The molecule has 0 fully saturated rings. The van der Waals surface area contributed by atoms with Gasteiger partial charge in [-0.15, -0.1) is 0 Å². The summed E-state index contributed by atoms with van der Waals surface area (Å²) >= 11 is 0. The number of ether oxygens (including phenoxy) is 1. The summed E-state index contributed by atoms with van der Waals surface area (Å²) in [6.07, 6.45) is 1.29. The number of nitrogens with zero attached hydrogens (tertiary/aromatic N) is 1. The smallest absolute Gasteiger partial charge is 0.311 e. The Bertz CT molecular complexity index is 999. The van der Waals surface area contributed by atoms with Crippen LogP contribution in [0.5, 0.6) is 0 Å². The van der Waals surface area contributed by atoms with Crippen molar-refractivity contribution >= 4 is 34.8 Å². The van der Waals surface area contributed by atoms with E-state index in [2.05, 4.69) is 10.6 Å². The molecule has 1 aliphatic heterocycles. The number of fused-ring (bicyclic) bond motifs is 1. The second-order valence-corrected chi connectivity index (χ2v) is 7.07. The number of rotatable bonds is 6. The monoisotopic (exact) mass is 407 g/mol. The van der Waals surface area contributed by atoms with Gasteiger partial charge in [0.1, 0.15) is 6.54 Å². The lowest BCUT2D eigenvalue weighted by atomic mass is 10.1. The average molecular weight is 407 g/mol. The van der Waals surface area contributed by atoms with E-state index in [4.69, 9.17) is 4.74 Å². The fraction of sp³-hybridized carbons (Fsp3) is 0.261. The molecule has 7 nitrogen and oxygen atoms in total. The second kappa shape index (κ2) is 9.26. The fourth-order valence-corrected chi connectivity index (χ4v) is 3.17. The van der Waals surface area contributed by atoms with Gasteiger partial charge in [0.15, 0.2) is 0 Å². The molecule has 156 valence electrons. The number of hydrogen-bond donors (Lipinski definition) is 2. The van der Waals surface area contributed by atoms with Gasteiger partial charge in [-0.25, -0.2) is 0 Å². The third-order valence-electron chi connectivity index (χ3n) is 4.76. The van der Waals surface area contributed by atoms with Crippen molar-refractivity contribution in [3.05, 3.63) is 65.4 Å². The number of nitrogens with one attached hydrogen (secondary N) is 2. The number of para-hydroxylation sites is 1.